The first-order valence-electron chi connectivity index (χ1n) is 7.06. The van der Waals surface area contributed by atoms with Gasteiger partial charge in [-0.25, -0.2) is 0 Å². The number of hydrogen-bond acceptors (Lipinski definition) is 5. The normalized spacial score (nSPS) is 18.6. The van der Waals surface area contributed by atoms with Crippen LogP contribution in [0.25, 0.3) is 0 Å². The molecule has 1 unspecified atom stereocenters. The highest BCUT2D eigenvalue weighted by Crippen LogP contribution is 2.25. The zero-order chi connectivity index (χ0) is 14.4. The van der Waals surface area contributed by atoms with Gasteiger partial charge in [0.15, 0.2) is 0 Å². The van der Waals surface area contributed by atoms with Gasteiger partial charge in [0.2, 0.25) is 0 Å². The molecule has 0 spiro atoms. The molecule has 0 aliphatic carbocycles. The smallest absolute Gasteiger partial charge is 0.273 e. The molecule has 0 aromatic heterocycles. The van der Waals surface area contributed by atoms with E-state index in [0.29, 0.717) is 6.61 Å². The van der Waals surface area contributed by atoms with Crippen LogP contribution in [0.4, 0.5) is 17.1 Å². The number of nitro benzene ring substituents is 1. The van der Waals surface area contributed by atoms with E-state index in [9.17, 15) is 10.1 Å². The van der Waals surface area contributed by atoms with Crippen molar-refractivity contribution in [3.63, 3.8) is 0 Å². The van der Waals surface area contributed by atoms with Gasteiger partial charge in [0, 0.05) is 42.7 Å². The SMILES string of the molecule is CCCNc1cc(NC2CCCOC2)cc([N+](=O)[O-])c1. The van der Waals surface area contributed by atoms with E-state index >= 15 is 0 Å². The molecule has 1 fully saturated rings. The average molecular weight is 279 g/mol. The highest BCUT2D eigenvalue weighted by Gasteiger charge is 2.16. The molecular weight excluding hydrogens is 258 g/mol. The van der Waals surface area contributed by atoms with Crippen LogP contribution in [0.15, 0.2) is 18.2 Å². The fourth-order valence-corrected chi connectivity index (χ4v) is 2.26. The Hall–Kier alpha value is -1.82. The van der Waals surface area contributed by atoms with E-state index in [1.807, 2.05) is 6.07 Å². The molecule has 1 saturated heterocycles. The quantitative estimate of drug-likeness (QED) is 0.618. The number of ether oxygens (including phenoxy) is 1. The molecular formula is C14H21N3O3. The summed E-state index contributed by atoms with van der Waals surface area (Å²) in [7, 11) is 0. The van der Waals surface area contributed by atoms with Crippen LogP contribution in [-0.4, -0.2) is 30.7 Å². The minimum Gasteiger partial charge on any atom is -0.385 e. The van der Waals surface area contributed by atoms with Crippen molar-refractivity contribution in [2.75, 3.05) is 30.4 Å². The van der Waals surface area contributed by atoms with Crippen LogP contribution >= 0.6 is 0 Å². The van der Waals surface area contributed by atoms with Gasteiger partial charge < -0.3 is 15.4 Å². The first kappa shape index (κ1) is 14.6. The predicted molar refractivity (Wildman–Crippen MR) is 79.3 cm³/mol. The van der Waals surface area contributed by atoms with E-state index in [4.69, 9.17) is 4.74 Å². The van der Waals surface area contributed by atoms with Crippen molar-refractivity contribution >= 4 is 17.1 Å². The minimum atomic E-state index is -0.361. The van der Waals surface area contributed by atoms with Gasteiger partial charge in [0.25, 0.3) is 5.69 Å². The molecule has 1 heterocycles. The van der Waals surface area contributed by atoms with Crippen LogP contribution in [0.3, 0.4) is 0 Å². The van der Waals surface area contributed by atoms with Gasteiger partial charge in [-0.3, -0.25) is 10.1 Å². The van der Waals surface area contributed by atoms with Gasteiger partial charge in [-0.2, -0.15) is 0 Å². The molecule has 110 valence electrons. The lowest BCUT2D eigenvalue weighted by Gasteiger charge is -2.24. The second kappa shape index (κ2) is 7.09. The molecule has 1 aliphatic heterocycles. The van der Waals surface area contributed by atoms with Crippen LogP contribution in [-0.2, 0) is 4.74 Å². The number of benzene rings is 1. The molecule has 0 amide bonds. The summed E-state index contributed by atoms with van der Waals surface area (Å²) < 4.78 is 5.42. The van der Waals surface area contributed by atoms with Crippen LogP contribution in [0.1, 0.15) is 26.2 Å². The van der Waals surface area contributed by atoms with Crippen molar-refractivity contribution in [2.45, 2.75) is 32.2 Å². The topological polar surface area (TPSA) is 76.4 Å². The maximum atomic E-state index is 11.0. The molecule has 0 bridgehead atoms. The van der Waals surface area contributed by atoms with Crippen LogP contribution in [0.5, 0.6) is 0 Å². The summed E-state index contributed by atoms with van der Waals surface area (Å²) in [6, 6.07) is 5.28. The van der Waals surface area contributed by atoms with Crippen LogP contribution in [0, 0.1) is 10.1 Å². The molecule has 1 aliphatic rings. The number of nitro groups is 1. The lowest BCUT2D eigenvalue weighted by Crippen LogP contribution is -2.29. The standard InChI is InChI=1S/C14H21N3O3/c1-2-5-15-12-7-13(9-14(8-12)17(18)19)16-11-4-3-6-20-10-11/h7-9,11,15-16H,2-6,10H2,1H3. The first-order chi connectivity index (χ1) is 9.69. The molecule has 0 radical (unpaired) electrons. The highest BCUT2D eigenvalue weighted by molar-refractivity contribution is 5.63. The summed E-state index contributed by atoms with van der Waals surface area (Å²) in [5.41, 5.74) is 1.65. The fourth-order valence-electron chi connectivity index (χ4n) is 2.26. The monoisotopic (exact) mass is 279 g/mol. The Morgan fingerprint density at radius 2 is 2.20 bits per heavy atom. The Morgan fingerprint density at radius 3 is 2.85 bits per heavy atom. The van der Waals surface area contributed by atoms with E-state index in [2.05, 4.69) is 17.6 Å². The van der Waals surface area contributed by atoms with Crippen molar-refractivity contribution in [3.05, 3.63) is 28.3 Å². The molecule has 6 heteroatoms. The van der Waals surface area contributed by atoms with E-state index in [0.717, 1.165) is 43.8 Å². The fraction of sp³-hybridized carbons (Fsp3) is 0.571. The van der Waals surface area contributed by atoms with E-state index in [1.54, 1.807) is 12.1 Å². The van der Waals surface area contributed by atoms with E-state index < -0.39 is 0 Å². The van der Waals surface area contributed by atoms with Gasteiger partial charge in [-0.1, -0.05) is 6.92 Å². The molecule has 0 saturated carbocycles. The van der Waals surface area contributed by atoms with Crippen LogP contribution in [0.2, 0.25) is 0 Å². The number of nitrogens with one attached hydrogen (secondary N) is 2. The maximum absolute atomic E-state index is 11.0. The number of hydrogen-bond donors (Lipinski definition) is 2. The summed E-state index contributed by atoms with van der Waals surface area (Å²) in [5.74, 6) is 0. The summed E-state index contributed by atoms with van der Waals surface area (Å²) in [5, 5.41) is 17.5. The number of non-ortho nitro benzene ring substituents is 1. The van der Waals surface area contributed by atoms with Gasteiger partial charge in [0.1, 0.15) is 0 Å². The third-order valence-electron chi connectivity index (χ3n) is 3.24. The molecule has 6 nitrogen and oxygen atoms in total. The Labute approximate surface area is 118 Å². The summed E-state index contributed by atoms with van der Waals surface area (Å²) in [6.45, 7) is 4.31. The lowest BCUT2D eigenvalue weighted by molar-refractivity contribution is -0.384. The molecule has 2 N–H and O–H groups in total. The van der Waals surface area contributed by atoms with Crippen molar-refractivity contribution < 1.29 is 9.66 Å². The van der Waals surface area contributed by atoms with Crippen molar-refractivity contribution in [3.8, 4) is 0 Å². The van der Waals surface area contributed by atoms with E-state index in [-0.39, 0.29) is 16.7 Å². The van der Waals surface area contributed by atoms with Crippen molar-refractivity contribution in [1.29, 1.82) is 0 Å². The highest BCUT2D eigenvalue weighted by atomic mass is 16.6. The molecule has 1 atom stereocenters. The zero-order valence-corrected chi connectivity index (χ0v) is 11.7. The zero-order valence-electron chi connectivity index (χ0n) is 11.7. The maximum Gasteiger partial charge on any atom is 0.273 e. The predicted octanol–water partition coefficient (Wildman–Crippen LogP) is 3.01. The average Bonchev–Trinajstić information content (AvgIpc) is 2.46. The number of anilines is 2. The Bertz CT molecular complexity index is 459. The summed E-state index contributed by atoms with van der Waals surface area (Å²) in [6.07, 6.45) is 3.02. The molecule has 1 aromatic rings. The Kier molecular flexibility index (Phi) is 5.17. The van der Waals surface area contributed by atoms with Gasteiger partial charge in [-0.15, -0.1) is 0 Å². The van der Waals surface area contributed by atoms with Gasteiger partial charge in [0.05, 0.1) is 11.5 Å². The van der Waals surface area contributed by atoms with Gasteiger partial charge >= 0.3 is 0 Å². The largest absolute Gasteiger partial charge is 0.385 e. The van der Waals surface area contributed by atoms with E-state index in [1.165, 1.54) is 0 Å². The van der Waals surface area contributed by atoms with Crippen molar-refractivity contribution in [1.82, 2.24) is 0 Å². The molecule has 20 heavy (non-hydrogen) atoms. The van der Waals surface area contributed by atoms with Crippen LogP contribution < -0.4 is 10.6 Å². The van der Waals surface area contributed by atoms with Crippen molar-refractivity contribution in [2.24, 2.45) is 0 Å². The molecule has 2 rings (SSSR count). The minimum absolute atomic E-state index is 0.102. The number of rotatable bonds is 6. The third-order valence-corrected chi connectivity index (χ3v) is 3.24. The molecule has 1 aromatic carbocycles. The summed E-state index contributed by atoms with van der Waals surface area (Å²) in [4.78, 5) is 10.6. The third kappa shape index (κ3) is 4.09. The second-order valence-corrected chi connectivity index (χ2v) is 5.01. The summed E-state index contributed by atoms with van der Waals surface area (Å²) >= 11 is 0. The Balaban J connectivity index is 2.12. The lowest BCUT2D eigenvalue weighted by atomic mass is 10.1. The Morgan fingerprint density at radius 1 is 1.40 bits per heavy atom. The first-order valence-corrected chi connectivity index (χ1v) is 7.06. The number of nitrogens with zero attached hydrogens (tertiary/aromatic N) is 1. The second-order valence-electron chi connectivity index (χ2n) is 5.01. The van der Waals surface area contributed by atoms with Gasteiger partial charge in [-0.05, 0) is 25.3 Å².